The summed E-state index contributed by atoms with van der Waals surface area (Å²) in [5.41, 5.74) is 1.40. The molecule has 0 aliphatic rings. The van der Waals surface area contributed by atoms with Gasteiger partial charge in [0.15, 0.2) is 17.3 Å². The van der Waals surface area contributed by atoms with E-state index in [1.165, 1.54) is 31.4 Å². The molecular weight excluding hydrogens is 564 g/mol. The Balaban J connectivity index is 0.000000414. The largest absolute Gasteiger partial charge is 0.741 e. The summed E-state index contributed by atoms with van der Waals surface area (Å²) in [4.78, 5) is 0. The molecule has 33 heavy (non-hydrogen) atoms. The van der Waals surface area contributed by atoms with Crippen LogP contribution in [0.15, 0.2) is 66.7 Å². The van der Waals surface area contributed by atoms with Crippen LogP contribution in [0, 0.1) is 27.9 Å². The first-order chi connectivity index (χ1) is 15.1. The summed E-state index contributed by atoms with van der Waals surface area (Å²) in [6, 6.07) is 24.7. The van der Waals surface area contributed by atoms with E-state index in [2.05, 4.69) is 101 Å². The predicted molar refractivity (Wildman–Crippen MR) is 119 cm³/mol. The third kappa shape index (κ3) is 7.28. The van der Waals surface area contributed by atoms with Gasteiger partial charge in [-0.3, -0.25) is 0 Å². The molecule has 8 heteroatoms. The number of halogens is 4. The number of rotatable bonds is 4. The Labute approximate surface area is 204 Å². The summed E-state index contributed by atoms with van der Waals surface area (Å²) in [5.74, 6) is 0. The molecule has 0 fully saturated rings. The van der Waals surface area contributed by atoms with Gasteiger partial charge in [0, 0.05) is 16.5 Å². The lowest BCUT2D eigenvalue weighted by Crippen LogP contribution is -3.62. The first-order valence-corrected chi connectivity index (χ1v) is 13.6. The molecule has 0 radical (unpaired) electrons. The van der Waals surface area contributed by atoms with Crippen LogP contribution >= 0.6 is 0 Å². The van der Waals surface area contributed by atoms with Gasteiger partial charge in [-0.15, -0.1) is 0 Å². The zero-order valence-corrected chi connectivity index (χ0v) is 22.0. The number of alkyl halides is 3. The van der Waals surface area contributed by atoms with Crippen molar-refractivity contribution in [3.05, 3.63) is 102 Å². The van der Waals surface area contributed by atoms with Crippen LogP contribution in [0.25, 0.3) is 0 Å². The highest BCUT2D eigenvalue weighted by molar-refractivity contribution is 7.86. The second-order valence-corrected chi connectivity index (χ2v) is 12.4. The Bertz CT molecular complexity index is 1180. The topological polar surface area (TPSA) is 57.2 Å². The molecule has 0 N–H and O–H groups in total. The van der Waals surface area contributed by atoms with Gasteiger partial charge in [-0.05, 0) is 44.0 Å². The average Bonchev–Trinajstić information content (AvgIpc) is 2.70. The molecule has 3 rings (SSSR count). The summed E-state index contributed by atoms with van der Waals surface area (Å²) in [5, 5.41) is 0. The van der Waals surface area contributed by atoms with Gasteiger partial charge in [0.2, 0.25) is 0 Å². The van der Waals surface area contributed by atoms with E-state index in [0.717, 1.165) is 0 Å². The van der Waals surface area contributed by atoms with Crippen molar-refractivity contribution >= 4 is 10.1 Å². The lowest BCUT2D eigenvalue weighted by atomic mass is 9.78. The maximum Gasteiger partial charge on any atom is 0.485 e. The van der Waals surface area contributed by atoms with Gasteiger partial charge >= 0.3 is 26.7 Å². The molecule has 0 bridgehead atoms. The molecule has 0 atom stereocenters. The first kappa shape index (κ1) is 27.3. The minimum absolute atomic E-state index is 0.0262. The second-order valence-electron chi connectivity index (χ2n) is 8.21. The van der Waals surface area contributed by atoms with Crippen LogP contribution in [-0.4, -0.2) is 18.5 Å². The van der Waals surface area contributed by atoms with Crippen LogP contribution in [0.4, 0.5) is 13.2 Å². The molecule has 3 aromatic rings. The summed E-state index contributed by atoms with van der Waals surface area (Å²) in [6.07, 6.45) is 0. The molecule has 0 aliphatic carbocycles. The Morgan fingerprint density at radius 2 is 1.27 bits per heavy atom. The van der Waals surface area contributed by atoms with Crippen molar-refractivity contribution in [3.8, 4) is 0 Å². The van der Waals surface area contributed by atoms with Crippen molar-refractivity contribution in [2.75, 3.05) is 0 Å². The van der Waals surface area contributed by atoms with E-state index >= 15 is 0 Å². The smallest absolute Gasteiger partial charge is 0.485 e. The maximum absolute atomic E-state index is 10.7. The van der Waals surface area contributed by atoms with Crippen molar-refractivity contribution in [2.24, 2.45) is 0 Å². The van der Waals surface area contributed by atoms with Crippen LogP contribution in [0.2, 0.25) is 0 Å². The van der Waals surface area contributed by atoms with Crippen molar-refractivity contribution < 1.29 is 47.3 Å². The molecule has 0 amide bonds. The predicted octanol–water partition coefficient (Wildman–Crippen LogP) is 3.12. The Hall–Kier alpha value is -1.91. The number of hydrogen-bond donors (Lipinski definition) is 0. The molecule has 0 unspecified atom stereocenters. The first-order valence-electron chi connectivity index (χ1n) is 10.0. The summed E-state index contributed by atoms with van der Waals surface area (Å²) >= 11 is -0.163. The van der Waals surface area contributed by atoms with Crippen molar-refractivity contribution in [2.45, 2.75) is 45.5 Å². The van der Waals surface area contributed by atoms with Crippen molar-refractivity contribution in [3.63, 3.8) is 0 Å². The quantitative estimate of drug-likeness (QED) is 0.267. The van der Waals surface area contributed by atoms with E-state index in [1.807, 2.05) is 0 Å². The van der Waals surface area contributed by atoms with E-state index in [0.29, 0.717) is 0 Å². The molecule has 0 aliphatic heterocycles. The highest BCUT2D eigenvalue weighted by Crippen LogP contribution is 2.30. The van der Waals surface area contributed by atoms with Crippen LogP contribution in [0.5, 0.6) is 0 Å². The Kier molecular flexibility index (Phi) is 8.75. The zero-order valence-electron chi connectivity index (χ0n) is 19.0. The lowest BCUT2D eigenvalue weighted by molar-refractivity contribution is -0.598. The molecule has 178 valence electrons. The minimum Gasteiger partial charge on any atom is -0.741 e. The fourth-order valence-corrected chi connectivity index (χ4v) is 6.04. The average molecular weight is 590 g/mol. The molecule has 0 spiro atoms. The Morgan fingerprint density at radius 3 is 1.76 bits per heavy atom. The normalized spacial score (nSPS) is 12.2. The monoisotopic (exact) mass is 590 g/mol. The maximum atomic E-state index is 10.7. The standard InChI is InChI=1S/C24H26I.CHF3O3S/c1-17-14-18(2)23(19(3)15-17)25-22-13-9-12-21(16-22)24(4,5)20-10-7-6-8-11-20;2-1(3,4)8(5,6)7/h6-16H,1-5H3;(H,5,6,7)/q+1;/p-1. The summed E-state index contributed by atoms with van der Waals surface area (Å²) < 4.78 is 62.0. The van der Waals surface area contributed by atoms with Gasteiger partial charge in [0.05, 0.1) is 0 Å². The molecule has 0 heterocycles. The molecule has 3 aromatic carbocycles. The van der Waals surface area contributed by atoms with Gasteiger partial charge in [-0.1, -0.05) is 74.0 Å². The lowest BCUT2D eigenvalue weighted by Gasteiger charge is -2.25. The minimum atomic E-state index is -6.09. The van der Waals surface area contributed by atoms with Crippen LogP contribution in [0.3, 0.4) is 0 Å². The van der Waals surface area contributed by atoms with Gasteiger partial charge < -0.3 is 4.55 Å². The third-order valence-corrected chi connectivity index (χ3v) is 9.21. The zero-order chi connectivity index (χ0) is 25.0. The number of hydrogen-bond acceptors (Lipinski definition) is 3. The highest BCUT2D eigenvalue weighted by atomic mass is 127. The van der Waals surface area contributed by atoms with Crippen molar-refractivity contribution in [1.29, 1.82) is 0 Å². The van der Waals surface area contributed by atoms with Crippen molar-refractivity contribution in [1.82, 2.24) is 0 Å². The van der Waals surface area contributed by atoms with E-state index in [4.69, 9.17) is 13.0 Å². The van der Waals surface area contributed by atoms with Gasteiger partial charge in [-0.25, -0.2) is 8.42 Å². The number of benzene rings is 3. The van der Waals surface area contributed by atoms with E-state index in [-0.39, 0.29) is 26.6 Å². The molecular formula is C25H26F3IO3S. The summed E-state index contributed by atoms with van der Waals surface area (Å²) in [7, 11) is -6.09. The van der Waals surface area contributed by atoms with E-state index in [9.17, 15) is 13.2 Å². The third-order valence-electron chi connectivity index (χ3n) is 5.11. The molecule has 0 saturated heterocycles. The molecule has 0 saturated carbocycles. The van der Waals surface area contributed by atoms with Gasteiger partial charge in [-0.2, -0.15) is 13.2 Å². The second kappa shape index (κ2) is 10.6. The molecule has 0 aromatic heterocycles. The van der Waals surface area contributed by atoms with Gasteiger partial charge in [0.1, 0.15) is 0 Å². The number of aryl methyl sites for hydroxylation is 3. The highest BCUT2D eigenvalue weighted by Gasteiger charge is 2.37. The van der Waals surface area contributed by atoms with E-state index in [1.54, 1.807) is 3.57 Å². The van der Waals surface area contributed by atoms with E-state index < -0.39 is 15.6 Å². The molecule has 3 nitrogen and oxygen atoms in total. The SMILES string of the molecule is Cc1cc(C)c([I+]c2cccc(C(C)(C)c3ccccc3)c2)c(C)c1.O=S(=O)([O-])C(F)(F)F. The van der Waals surface area contributed by atoms with Crippen LogP contribution in [-0.2, 0) is 15.5 Å². The van der Waals surface area contributed by atoms with Crippen LogP contribution in [0.1, 0.15) is 41.7 Å². The fraction of sp³-hybridized carbons (Fsp3) is 0.280. The van der Waals surface area contributed by atoms with Gasteiger partial charge in [0.25, 0.3) is 0 Å². The Morgan fingerprint density at radius 1 is 0.788 bits per heavy atom. The summed E-state index contributed by atoms with van der Waals surface area (Å²) in [6.45, 7) is 11.3. The van der Waals surface area contributed by atoms with Crippen LogP contribution < -0.4 is 21.2 Å². The fourth-order valence-electron chi connectivity index (χ4n) is 3.38.